The molecule has 0 aliphatic heterocycles. The van der Waals surface area contributed by atoms with Crippen molar-refractivity contribution in [1.29, 1.82) is 0 Å². The first-order valence-corrected chi connectivity index (χ1v) is 9.42. The highest BCUT2D eigenvalue weighted by molar-refractivity contribution is 14.1. The normalized spacial score (nSPS) is 10.2. The van der Waals surface area contributed by atoms with Gasteiger partial charge in [0.05, 0.1) is 16.8 Å². The number of esters is 1. The van der Waals surface area contributed by atoms with E-state index in [1.54, 1.807) is 6.92 Å². The van der Waals surface area contributed by atoms with Gasteiger partial charge in [-0.2, -0.15) is 0 Å². The summed E-state index contributed by atoms with van der Waals surface area (Å²) >= 11 is 6.43. The summed E-state index contributed by atoms with van der Waals surface area (Å²) in [5.41, 5.74) is 0.344. The maximum Gasteiger partial charge on any atom is 0.338 e. The lowest BCUT2D eigenvalue weighted by molar-refractivity contribution is -0.130. The Morgan fingerprint density at radius 1 is 0.952 bits per heavy atom. The van der Waals surface area contributed by atoms with Crippen LogP contribution in [0.5, 0.6) is 17.2 Å². The molecule has 0 amide bonds. The Kier molecular flexibility index (Phi) is 8.03. The van der Waals surface area contributed by atoms with E-state index in [1.165, 1.54) is 0 Å². The lowest BCUT2D eigenvalue weighted by atomic mass is 10.3. The number of rotatable bonds is 6. The number of ether oxygens (including phenoxy) is 3. The van der Waals surface area contributed by atoms with Crippen LogP contribution in [0.15, 0.2) is 12.2 Å². The summed E-state index contributed by atoms with van der Waals surface area (Å²) in [6.45, 7) is 10.1. The Hall–Kier alpha value is 0.220. The van der Waals surface area contributed by atoms with Crippen LogP contribution in [0.2, 0.25) is 0 Å². The molecule has 0 unspecified atom stereocenters. The fourth-order valence-corrected chi connectivity index (χ4v) is 5.42. The monoisotopic (exact) mass is 628 g/mol. The van der Waals surface area contributed by atoms with Crippen molar-refractivity contribution in [2.45, 2.75) is 20.8 Å². The van der Waals surface area contributed by atoms with Gasteiger partial charge in [-0.15, -0.1) is 0 Å². The predicted octanol–water partition coefficient (Wildman–Crippen LogP) is 4.78. The molecular weight excluding hydrogens is 613 g/mol. The van der Waals surface area contributed by atoms with Crippen molar-refractivity contribution < 1.29 is 19.0 Å². The summed E-state index contributed by atoms with van der Waals surface area (Å²) in [6.07, 6.45) is 0. The zero-order valence-electron chi connectivity index (χ0n) is 11.9. The Morgan fingerprint density at radius 2 is 1.33 bits per heavy atom. The second-order valence-electron chi connectivity index (χ2n) is 3.97. The lowest BCUT2D eigenvalue weighted by Gasteiger charge is -2.18. The highest BCUT2D eigenvalue weighted by Gasteiger charge is 2.25. The quantitative estimate of drug-likeness (QED) is 0.197. The molecular formula is C14H15I3O4. The Bertz CT molecular complexity index is 537. The van der Waals surface area contributed by atoms with Crippen molar-refractivity contribution in [2.24, 2.45) is 0 Å². The Morgan fingerprint density at radius 3 is 1.67 bits per heavy atom. The molecule has 0 aliphatic carbocycles. The Balaban J connectivity index is 3.46. The molecule has 0 aromatic heterocycles. The van der Waals surface area contributed by atoms with Crippen molar-refractivity contribution in [2.75, 3.05) is 13.2 Å². The number of hydrogen-bond donors (Lipinski definition) is 0. The molecule has 21 heavy (non-hydrogen) atoms. The van der Waals surface area contributed by atoms with E-state index in [0.717, 1.165) is 10.7 Å². The predicted molar refractivity (Wildman–Crippen MR) is 107 cm³/mol. The van der Waals surface area contributed by atoms with E-state index in [1.807, 2.05) is 13.8 Å². The first kappa shape index (κ1) is 19.3. The van der Waals surface area contributed by atoms with Crippen molar-refractivity contribution in [1.82, 2.24) is 0 Å². The standard InChI is InChI=1S/C14H15I3O4/c1-5-19-11-8(15)12(20-6-2)10(17)13(9(11)16)21-14(18)7(3)4/h3,5-6H2,1-2,4H3. The number of carbonyl (C=O) groups excluding carboxylic acids is 1. The molecule has 4 nitrogen and oxygen atoms in total. The summed E-state index contributed by atoms with van der Waals surface area (Å²) in [5, 5.41) is 0. The molecule has 1 aromatic carbocycles. The molecule has 0 saturated heterocycles. The van der Waals surface area contributed by atoms with Crippen molar-refractivity contribution in [3.63, 3.8) is 0 Å². The number of halogens is 3. The molecule has 0 fully saturated rings. The van der Waals surface area contributed by atoms with Gasteiger partial charge in [0, 0.05) is 5.57 Å². The third kappa shape index (κ3) is 4.60. The van der Waals surface area contributed by atoms with Gasteiger partial charge >= 0.3 is 5.97 Å². The maximum atomic E-state index is 11.8. The molecule has 0 spiro atoms. The largest absolute Gasteiger partial charge is 0.491 e. The molecule has 1 aromatic rings. The molecule has 7 heteroatoms. The van der Waals surface area contributed by atoms with Gasteiger partial charge in [-0.25, -0.2) is 4.79 Å². The van der Waals surface area contributed by atoms with Crippen LogP contribution in [0, 0.1) is 10.7 Å². The van der Waals surface area contributed by atoms with E-state index in [-0.39, 0.29) is 0 Å². The molecule has 0 aliphatic rings. The summed E-state index contributed by atoms with van der Waals surface area (Å²) < 4.78 is 19.2. The number of hydrogen-bond acceptors (Lipinski definition) is 4. The average Bonchev–Trinajstić information content (AvgIpc) is 2.44. The molecule has 116 valence electrons. The zero-order chi connectivity index (χ0) is 16.2. The number of benzene rings is 1. The molecule has 0 heterocycles. The summed E-state index contributed by atoms with van der Waals surface area (Å²) in [5.74, 6) is 1.34. The maximum absolute atomic E-state index is 11.8. The van der Waals surface area contributed by atoms with E-state index in [0.29, 0.717) is 36.0 Å². The van der Waals surface area contributed by atoms with Crippen LogP contribution in [-0.4, -0.2) is 19.2 Å². The van der Waals surface area contributed by atoms with E-state index in [4.69, 9.17) is 14.2 Å². The molecule has 0 N–H and O–H groups in total. The summed E-state index contributed by atoms with van der Waals surface area (Å²) in [6, 6.07) is 0. The van der Waals surface area contributed by atoms with Crippen LogP contribution >= 0.6 is 67.8 Å². The van der Waals surface area contributed by atoms with Gasteiger partial charge in [0.2, 0.25) is 0 Å². The van der Waals surface area contributed by atoms with Crippen LogP contribution in [0.1, 0.15) is 20.8 Å². The van der Waals surface area contributed by atoms with Crippen LogP contribution in [0.3, 0.4) is 0 Å². The van der Waals surface area contributed by atoms with Crippen LogP contribution in [0.25, 0.3) is 0 Å². The van der Waals surface area contributed by atoms with E-state index in [9.17, 15) is 4.79 Å². The first-order chi connectivity index (χ1) is 9.84. The minimum atomic E-state index is -0.461. The first-order valence-electron chi connectivity index (χ1n) is 6.18. The van der Waals surface area contributed by atoms with E-state index < -0.39 is 5.97 Å². The SMILES string of the molecule is C=C(C)C(=O)Oc1c(I)c(OCC)c(I)c(OCC)c1I. The van der Waals surface area contributed by atoms with Gasteiger partial charge in [0.25, 0.3) is 0 Å². The third-order valence-corrected chi connectivity index (χ3v) is 5.26. The van der Waals surface area contributed by atoms with Crippen molar-refractivity contribution >= 4 is 73.7 Å². The van der Waals surface area contributed by atoms with Crippen molar-refractivity contribution in [3.05, 3.63) is 22.9 Å². The van der Waals surface area contributed by atoms with E-state index in [2.05, 4.69) is 74.4 Å². The Labute approximate surface area is 165 Å². The highest BCUT2D eigenvalue weighted by Crippen LogP contribution is 2.45. The minimum Gasteiger partial charge on any atom is -0.491 e. The molecule has 0 saturated carbocycles. The highest BCUT2D eigenvalue weighted by atomic mass is 127. The second-order valence-corrected chi connectivity index (χ2v) is 7.20. The smallest absolute Gasteiger partial charge is 0.338 e. The van der Waals surface area contributed by atoms with Gasteiger partial charge in [-0.05, 0) is 88.5 Å². The van der Waals surface area contributed by atoms with Crippen LogP contribution < -0.4 is 14.2 Å². The zero-order valence-corrected chi connectivity index (χ0v) is 18.4. The molecule has 0 atom stereocenters. The molecule has 0 bridgehead atoms. The van der Waals surface area contributed by atoms with Crippen molar-refractivity contribution in [3.8, 4) is 17.2 Å². The molecule has 1 rings (SSSR count). The van der Waals surface area contributed by atoms with Crippen LogP contribution in [-0.2, 0) is 4.79 Å². The van der Waals surface area contributed by atoms with Gasteiger partial charge < -0.3 is 14.2 Å². The average molecular weight is 628 g/mol. The second kappa shape index (κ2) is 8.75. The number of carbonyl (C=O) groups is 1. The third-order valence-electron chi connectivity index (χ3n) is 2.32. The van der Waals surface area contributed by atoms with Gasteiger partial charge in [-0.3, -0.25) is 0 Å². The summed E-state index contributed by atoms with van der Waals surface area (Å²) in [4.78, 5) is 11.8. The van der Waals surface area contributed by atoms with Gasteiger partial charge in [-0.1, -0.05) is 6.58 Å². The van der Waals surface area contributed by atoms with Gasteiger partial charge in [0.1, 0.15) is 7.14 Å². The summed E-state index contributed by atoms with van der Waals surface area (Å²) in [7, 11) is 0. The van der Waals surface area contributed by atoms with E-state index >= 15 is 0 Å². The lowest BCUT2D eigenvalue weighted by Crippen LogP contribution is -2.13. The van der Waals surface area contributed by atoms with Crippen LogP contribution in [0.4, 0.5) is 0 Å². The fraction of sp³-hybridized carbons (Fsp3) is 0.357. The fourth-order valence-electron chi connectivity index (χ4n) is 1.41. The topological polar surface area (TPSA) is 44.8 Å². The molecule has 0 radical (unpaired) electrons. The van der Waals surface area contributed by atoms with Gasteiger partial charge in [0.15, 0.2) is 17.2 Å². The minimum absolute atomic E-state index is 0.344.